The van der Waals surface area contributed by atoms with Crippen LogP contribution < -0.4 is 15.5 Å². The van der Waals surface area contributed by atoms with E-state index in [1.165, 1.54) is 18.2 Å². The van der Waals surface area contributed by atoms with Gasteiger partial charge in [-0.15, -0.1) is 0 Å². The number of hydrogen-bond acceptors (Lipinski definition) is 7. The lowest BCUT2D eigenvalue weighted by atomic mass is 10.1. The van der Waals surface area contributed by atoms with Crippen molar-refractivity contribution >= 4 is 28.4 Å². The molecule has 174 valence electrons. The van der Waals surface area contributed by atoms with Crippen LogP contribution in [0.4, 0.5) is 0 Å². The van der Waals surface area contributed by atoms with Crippen molar-refractivity contribution < 1.29 is 33.4 Å². The van der Waals surface area contributed by atoms with Crippen LogP contribution >= 0.6 is 0 Å². The topological polar surface area (TPSA) is 119 Å². The van der Waals surface area contributed by atoms with Gasteiger partial charge in [-0.1, -0.05) is 18.2 Å². The predicted molar refractivity (Wildman–Crippen MR) is 121 cm³/mol. The Kier molecular flexibility index (Phi) is 9.01. The third kappa shape index (κ3) is 7.18. The molecule has 0 saturated carbocycles. The first-order chi connectivity index (χ1) is 16.1. The van der Waals surface area contributed by atoms with Crippen molar-refractivity contribution in [2.75, 3.05) is 40.1 Å². The molecule has 0 saturated heterocycles. The Balaban J connectivity index is 1.56. The molecule has 3 rings (SSSR count). The molecule has 2 amide bonds. The van der Waals surface area contributed by atoms with Gasteiger partial charge in [0, 0.05) is 29.7 Å². The van der Waals surface area contributed by atoms with Gasteiger partial charge >= 0.3 is 0 Å². The van der Waals surface area contributed by atoms with Crippen molar-refractivity contribution in [2.24, 2.45) is 0 Å². The summed E-state index contributed by atoms with van der Waals surface area (Å²) in [5.74, 6) is 0.183. The number of para-hydroxylation sites is 1. The van der Waals surface area contributed by atoms with Gasteiger partial charge in [-0.3, -0.25) is 14.8 Å². The van der Waals surface area contributed by atoms with Gasteiger partial charge in [0.2, 0.25) is 5.91 Å². The molecule has 0 bridgehead atoms. The van der Waals surface area contributed by atoms with Gasteiger partial charge in [-0.05, 0) is 36.4 Å². The third-order valence-corrected chi connectivity index (χ3v) is 4.62. The number of ether oxygens (including phenoxy) is 3. The molecule has 0 unspecified atom stereocenters. The van der Waals surface area contributed by atoms with E-state index in [2.05, 4.69) is 5.32 Å². The lowest BCUT2D eigenvalue weighted by molar-refractivity contribution is -0.116. The smallest absolute Gasteiger partial charge is 0.274 e. The number of fused-ring (bicyclic) bond motifs is 1. The number of benzene rings is 2. The summed E-state index contributed by atoms with van der Waals surface area (Å²) in [5, 5.41) is 12.3. The second-order valence-corrected chi connectivity index (χ2v) is 6.97. The lowest BCUT2D eigenvalue weighted by Crippen LogP contribution is -2.27. The highest BCUT2D eigenvalue weighted by atomic mass is 16.5. The summed E-state index contributed by atoms with van der Waals surface area (Å²) in [5.41, 5.74) is 3.20. The highest BCUT2D eigenvalue weighted by Gasteiger charge is 2.12. The second kappa shape index (κ2) is 12.4. The first-order valence-corrected chi connectivity index (χ1v) is 10.3. The number of methoxy groups -OCH3 is 1. The van der Waals surface area contributed by atoms with Crippen LogP contribution in [0.1, 0.15) is 16.1 Å². The summed E-state index contributed by atoms with van der Waals surface area (Å²) < 4.78 is 22.0. The van der Waals surface area contributed by atoms with Crippen LogP contribution in [0.3, 0.4) is 0 Å². The van der Waals surface area contributed by atoms with Crippen LogP contribution in [0.2, 0.25) is 0 Å². The molecule has 0 aliphatic heterocycles. The van der Waals surface area contributed by atoms with Crippen LogP contribution in [0.5, 0.6) is 5.75 Å². The van der Waals surface area contributed by atoms with Crippen LogP contribution in [-0.2, 0) is 14.3 Å². The number of amides is 2. The summed E-state index contributed by atoms with van der Waals surface area (Å²) >= 11 is 0. The van der Waals surface area contributed by atoms with E-state index < -0.39 is 5.91 Å². The molecule has 1 heterocycles. The van der Waals surface area contributed by atoms with Crippen molar-refractivity contribution in [3.63, 3.8) is 0 Å². The van der Waals surface area contributed by atoms with Crippen molar-refractivity contribution in [2.45, 2.75) is 0 Å². The molecule has 0 fully saturated rings. The van der Waals surface area contributed by atoms with E-state index in [1.54, 1.807) is 24.7 Å². The lowest BCUT2D eigenvalue weighted by Gasteiger charge is -2.09. The molecule has 3 N–H and O–H groups in total. The number of nitrogens with one attached hydrogen (secondary N) is 2. The molecular weight excluding hydrogens is 428 g/mol. The monoisotopic (exact) mass is 454 g/mol. The van der Waals surface area contributed by atoms with Gasteiger partial charge in [0.05, 0.1) is 26.4 Å². The summed E-state index contributed by atoms with van der Waals surface area (Å²) in [7, 11) is 1.59. The fraction of sp³-hybridized carbons (Fsp3) is 0.250. The molecule has 3 aromatic rings. The molecule has 0 radical (unpaired) electrons. The average molecular weight is 454 g/mol. The fourth-order valence-electron chi connectivity index (χ4n) is 2.97. The predicted octanol–water partition coefficient (Wildman–Crippen LogP) is 2.79. The number of hydrogen-bond donors (Lipinski definition) is 3. The molecule has 0 atom stereocenters. The van der Waals surface area contributed by atoms with E-state index in [9.17, 15) is 9.59 Å². The van der Waals surface area contributed by atoms with E-state index in [4.69, 9.17) is 23.8 Å². The molecule has 9 heteroatoms. The standard InChI is InChI=1S/C24H26N2O7/c1-30-12-13-31-16-19(22-14-18-4-2-3-5-21(18)33-22)15-23(27)25-10-11-32-20-8-6-17(7-9-20)24(28)26-29/h2-9,14-15,29H,10-13,16H2,1H3,(H,25,27)(H,26,28). The Morgan fingerprint density at radius 2 is 1.85 bits per heavy atom. The normalized spacial score (nSPS) is 11.4. The second-order valence-electron chi connectivity index (χ2n) is 6.97. The Morgan fingerprint density at radius 1 is 1.06 bits per heavy atom. The van der Waals surface area contributed by atoms with E-state index in [0.717, 1.165) is 11.0 Å². The van der Waals surface area contributed by atoms with Crippen LogP contribution in [0.25, 0.3) is 16.5 Å². The maximum Gasteiger partial charge on any atom is 0.274 e. The zero-order valence-corrected chi connectivity index (χ0v) is 18.2. The minimum atomic E-state index is -0.605. The SMILES string of the molecule is COCCOCC(=CC(=O)NCCOc1ccc(C(=O)NO)cc1)c1cc2ccccc2o1. The number of hydroxylamine groups is 1. The molecule has 0 spiro atoms. The third-order valence-electron chi connectivity index (χ3n) is 4.62. The molecule has 33 heavy (non-hydrogen) atoms. The summed E-state index contributed by atoms with van der Waals surface area (Å²) in [4.78, 5) is 23.8. The quantitative estimate of drug-likeness (QED) is 0.167. The van der Waals surface area contributed by atoms with Crippen molar-refractivity contribution in [3.05, 3.63) is 72.0 Å². The Bertz CT molecular complexity index is 1060. The summed E-state index contributed by atoms with van der Waals surface area (Å²) in [6.45, 7) is 1.54. The largest absolute Gasteiger partial charge is 0.492 e. The van der Waals surface area contributed by atoms with Gasteiger partial charge in [0.15, 0.2) is 0 Å². The van der Waals surface area contributed by atoms with Crippen molar-refractivity contribution in [1.29, 1.82) is 0 Å². The number of carbonyl (C=O) groups excluding carboxylic acids is 2. The van der Waals surface area contributed by atoms with Crippen LogP contribution in [0, 0.1) is 0 Å². The average Bonchev–Trinajstić information content (AvgIpc) is 3.28. The minimum Gasteiger partial charge on any atom is -0.492 e. The zero-order valence-electron chi connectivity index (χ0n) is 18.2. The first kappa shape index (κ1) is 24.0. The molecule has 0 aliphatic rings. The Hall–Kier alpha value is -3.66. The summed E-state index contributed by atoms with van der Waals surface area (Å²) in [6.07, 6.45) is 1.45. The maximum absolute atomic E-state index is 12.5. The van der Waals surface area contributed by atoms with Gasteiger partial charge in [0.25, 0.3) is 5.91 Å². The van der Waals surface area contributed by atoms with E-state index in [1.807, 2.05) is 30.3 Å². The number of rotatable bonds is 12. The zero-order chi connectivity index (χ0) is 23.5. The molecule has 0 aliphatic carbocycles. The highest BCUT2D eigenvalue weighted by molar-refractivity contribution is 5.96. The molecule has 9 nitrogen and oxygen atoms in total. The highest BCUT2D eigenvalue weighted by Crippen LogP contribution is 2.24. The minimum absolute atomic E-state index is 0.195. The summed E-state index contributed by atoms with van der Waals surface area (Å²) in [6, 6.07) is 15.7. The maximum atomic E-state index is 12.5. The van der Waals surface area contributed by atoms with E-state index in [-0.39, 0.29) is 25.7 Å². The fourth-order valence-corrected chi connectivity index (χ4v) is 2.97. The van der Waals surface area contributed by atoms with E-state index >= 15 is 0 Å². The van der Waals surface area contributed by atoms with Gasteiger partial charge in [-0.25, -0.2) is 5.48 Å². The molecule has 2 aromatic carbocycles. The Morgan fingerprint density at radius 3 is 2.58 bits per heavy atom. The number of carbonyl (C=O) groups is 2. The van der Waals surface area contributed by atoms with Crippen LogP contribution in [0.15, 0.2) is 65.1 Å². The molecule has 1 aromatic heterocycles. The van der Waals surface area contributed by atoms with Crippen molar-refractivity contribution in [1.82, 2.24) is 10.8 Å². The first-order valence-electron chi connectivity index (χ1n) is 10.3. The van der Waals surface area contributed by atoms with Crippen LogP contribution in [-0.4, -0.2) is 57.1 Å². The van der Waals surface area contributed by atoms with Gasteiger partial charge < -0.3 is 23.9 Å². The number of furan rings is 1. The Labute approximate surface area is 190 Å². The van der Waals surface area contributed by atoms with Crippen molar-refractivity contribution in [3.8, 4) is 5.75 Å². The van der Waals surface area contributed by atoms with Gasteiger partial charge in [0.1, 0.15) is 23.7 Å². The van der Waals surface area contributed by atoms with E-state index in [0.29, 0.717) is 35.9 Å². The molecular formula is C24H26N2O7. The van der Waals surface area contributed by atoms with Gasteiger partial charge in [-0.2, -0.15) is 0 Å².